The molecule has 7 nitrogen and oxygen atoms in total. The summed E-state index contributed by atoms with van der Waals surface area (Å²) < 4.78 is 64.3. The summed E-state index contributed by atoms with van der Waals surface area (Å²) in [6.07, 6.45) is -1.93. The molecule has 9 rings (SSSR count). The summed E-state index contributed by atoms with van der Waals surface area (Å²) in [5, 5.41) is 4.73. The van der Waals surface area contributed by atoms with E-state index >= 15 is 9.13 Å². The van der Waals surface area contributed by atoms with Gasteiger partial charge in [-0.05, 0) is 97.8 Å². The summed E-state index contributed by atoms with van der Waals surface area (Å²) in [5.41, 5.74) is 2.86. The molecule has 2 heterocycles. The average Bonchev–Trinajstić information content (AvgIpc) is 3.59. The Bertz CT molecular complexity index is 2500. The molecule has 0 saturated carbocycles. The van der Waals surface area contributed by atoms with Gasteiger partial charge in [0.25, 0.3) is 0 Å². The third-order valence-electron chi connectivity index (χ3n) is 12.1. The molecule has 0 aromatic heterocycles. The normalized spacial score (nSPS) is 20.4. The zero-order chi connectivity index (χ0) is 43.2. The highest BCUT2D eigenvalue weighted by Crippen LogP contribution is 2.74. The zero-order valence-corrected chi connectivity index (χ0v) is 37.3. The molecule has 0 unspecified atom stereocenters. The average molecular weight is 860 g/mol. The van der Waals surface area contributed by atoms with Gasteiger partial charge in [-0.1, -0.05) is 175 Å². The van der Waals surface area contributed by atoms with Gasteiger partial charge in [-0.3, -0.25) is 18.2 Å². The summed E-state index contributed by atoms with van der Waals surface area (Å²) in [4.78, 5) is 0. The van der Waals surface area contributed by atoms with Crippen LogP contribution in [0.4, 0.5) is 0 Å². The topological polar surface area (TPSA) is 83.1 Å². The Kier molecular flexibility index (Phi) is 11.2. The smallest absolute Gasteiger partial charge is 0.341 e. The van der Waals surface area contributed by atoms with Crippen LogP contribution in [0.3, 0.4) is 0 Å². The van der Waals surface area contributed by atoms with Gasteiger partial charge in [0.2, 0.25) is 7.29 Å². The molecule has 7 aromatic rings. The second-order valence-corrected chi connectivity index (χ2v) is 21.2. The third kappa shape index (κ3) is 7.26. The van der Waals surface area contributed by atoms with E-state index in [4.69, 9.17) is 18.5 Å². The van der Waals surface area contributed by atoms with E-state index in [0.29, 0.717) is 38.4 Å². The number of hydrogen-bond acceptors (Lipinski definition) is 6. The Morgan fingerprint density at radius 1 is 0.516 bits per heavy atom. The Balaban J connectivity index is 1.44. The molecule has 3 atom stereocenters. The lowest BCUT2D eigenvalue weighted by atomic mass is 9.72. The van der Waals surface area contributed by atoms with Crippen molar-refractivity contribution in [3.05, 3.63) is 239 Å². The monoisotopic (exact) mass is 859 g/mol. The first-order valence-corrected chi connectivity index (χ1v) is 24.4. The molecule has 2 aliphatic rings. The van der Waals surface area contributed by atoms with Crippen LogP contribution in [-0.4, -0.2) is 18.0 Å². The maximum absolute atomic E-state index is 17.9. The van der Waals surface area contributed by atoms with Gasteiger partial charge in [-0.2, -0.15) is 0 Å². The van der Waals surface area contributed by atoms with Crippen molar-refractivity contribution in [3.63, 3.8) is 0 Å². The molecular formula is C53H51NO6P2. The van der Waals surface area contributed by atoms with Gasteiger partial charge >= 0.3 is 7.60 Å². The van der Waals surface area contributed by atoms with Crippen LogP contribution in [0, 0.1) is 20.8 Å². The van der Waals surface area contributed by atoms with Crippen molar-refractivity contribution >= 4 is 25.5 Å². The summed E-state index contributed by atoms with van der Waals surface area (Å²) in [5.74, 6) is -2.47. The van der Waals surface area contributed by atoms with Gasteiger partial charge < -0.3 is 9.47 Å². The first kappa shape index (κ1) is 42.1. The number of aryl methyl sites for hydroxylation is 3. The standard InChI is InChI=1S/C53H51NO6P2/c1-38-36-39(2)47(40(3)37-38)50(54-61(55,45-32-20-10-21-33-45)46-34-22-11-23-35-46)62(56)59-52(41-24-12-6-13-25-41,42-26-14-7-15-27-42)48-49(58-51(4,5)57-48)53(60-62,43-28-16-8-17-29-43)44-30-18-9-19-31-44/h6-37,48-50H,1-5H3,(H,54,55)/t48-,49-,50-/m1/s1. The lowest BCUT2D eigenvalue weighted by molar-refractivity contribution is -0.176. The largest absolute Gasteiger partial charge is 0.354 e. The van der Waals surface area contributed by atoms with Crippen LogP contribution in [0.2, 0.25) is 0 Å². The fourth-order valence-electron chi connectivity index (χ4n) is 9.59. The van der Waals surface area contributed by atoms with Crippen LogP contribution < -0.4 is 15.7 Å². The van der Waals surface area contributed by atoms with Crippen LogP contribution in [0.25, 0.3) is 0 Å². The van der Waals surface area contributed by atoms with E-state index in [0.717, 1.165) is 16.7 Å². The van der Waals surface area contributed by atoms with E-state index in [1.54, 1.807) is 0 Å². The van der Waals surface area contributed by atoms with E-state index in [1.165, 1.54) is 0 Å². The second kappa shape index (κ2) is 16.5. The molecule has 2 saturated heterocycles. The molecule has 314 valence electrons. The number of rotatable bonds is 10. The van der Waals surface area contributed by atoms with Gasteiger partial charge in [0.15, 0.2) is 17.0 Å². The molecule has 0 spiro atoms. The van der Waals surface area contributed by atoms with Crippen molar-refractivity contribution in [3.8, 4) is 0 Å². The van der Waals surface area contributed by atoms with E-state index in [2.05, 4.69) is 17.2 Å². The second-order valence-electron chi connectivity index (χ2n) is 16.8. The van der Waals surface area contributed by atoms with Gasteiger partial charge in [0, 0.05) is 10.6 Å². The Morgan fingerprint density at radius 3 is 1.15 bits per heavy atom. The van der Waals surface area contributed by atoms with Crippen molar-refractivity contribution in [1.82, 2.24) is 5.09 Å². The maximum Gasteiger partial charge on any atom is 0.354 e. The minimum atomic E-state index is -4.84. The first-order valence-electron chi connectivity index (χ1n) is 21.1. The SMILES string of the molecule is Cc1cc(C)c([C@H](NP(=O)(c2ccccc2)c2ccccc2)P2(=O)OC(c3ccccc3)(c3ccccc3)[C@@H]3OC(C)(C)O[C@H]3C(c3ccccc3)(c3ccccc3)O2)c(C)c1. The van der Waals surface area contributed by atoms with Crippen molar-refractivity contribution < 1.29 is 27.7 Å². The fraction of sp³-hybridized carbons (Fsp3) is 0.208. The van der Waals surface area contributed by atoms with Crippen molar-refractivity contribution in [2.75, 3.05) is 0 Å². The van der Waals surface area contributed by atoms with Gasteiger partial charge in [0.05, 0.1) is 0 Å². The maximum atomic E-state index is 17.9. The predicted octanol–water partition coefficient (Wildman–Crippen LogP) is 11.8. The number of fused-ring (bicyclic) bond motifs is 1. The molecule has 1 N–H and O–H groups in total. The molecule has 0 amide bonds. The minimum absolute atomic E-state index is 0.542. The van der Waals surface area contributed by atoms with E-state index in [-0.39, 0.29) is 0 Å². The fourth-order valence-corrected chi connectivity index (χ4v) is 15.3. The Morgan fingerprint density at radius 2 is 0.823 bits per heavy atom. The quantitative estimate of drug-likeness (QED) is 0.137. The van der Waals surface area contributed by atoms with E-state index < -0.39 is 49.9 Å². The van der Waals surface area contributed by atoms with Gasteiger partial charge in [-0.25, -0.2) is 5.09 Å². The van der Waals surface area contributed by atoms with Crippen LogP contribution in [0.5, 0.6) is 0 Å². The summed E-state index contributed by atoms with van der Waals surface area (Å²) >= 11 is 0. The molecule has 0 radical (unpaired) electrons. The molecular weight excluding hydrogens is 809 g/mol. The molecule has 2 aliphatic heterocycles. The van der Waals surface area contributed by atoms with Crippen LogP contribution in [0.1, 0.15) is 64.1 Å². The summed E-state index contributed by atoms with van der Waals surface area (Å²) in [6.45, 7) is 9.81. The van der Waals surface area contributed by atoms with Crippen molar-refractivity contribution in [2.24, 2.45) is 0 Å². The Hall–Kier alpha value is -5.20. The highest BCUT2D eigenvalue weighted by Gasteiger charge is 2.70. The highest BCUT2D eigenvalue weighted by molar-refractivity contribution is 7.77. The number of nitrogens with one attached hydrogen (secondary N) is 1. The molecule has 0 aliphatic carbocycles. The van der Waals surface area contributed by atoms with Gasteiger partial charge in [0.1, 0.15) is 18.0 Å². The molecule has 7 aromatic carbocycles. The third-order valence-corrected chi connectivity index (χ3v) is 17.1. The van der Waals surface area contributed by atoms with Crippen LogP contribution in [-0.2, 0) is 38.9 Å². The molecule has 9 heteroatoms. The highest BCUT2D eigenvalue weighted by atomic mass is 31.2. The van der Waals surface area contributed by atoms with Crippen LogP contribution >= 0.6 is 14.9 Å². The number of ether oxygens (including phenoxy) is 2. The van der Waals surface area contributed by atoms with Crippen molar-refractivity contribution in [1.29, 1.82) is 0 Å². The number of benzene rings is 7. The van der Waals surface area contributed by atoms with Crippen LogP contribution in [0.15, 0.2) is 194 Å². The lowest BCUT2D eigenvalue weighted by Gasteiger charge is -2.42. The minimum Gasteiger partial charge on any atom is -0.341 e. The Labute approximate surface area is 365 Å². The molecule has 62 heavy (non-hydrogen) atoms. The number of hydrogen-bond donors (Lipinski definition) is 1. The van der Waals surface area contributed by atoms with E-state index in [1.807, 2.05) is 217 Å². The summed E-state index contributed by atoms with van der Waals surface area (Å²) in [6, 6.07) is 61.9. The lowest BCUT2D eigenvalue weighted by Crippen LogP contribution is -2.53. The zero-order valence-electron chi connectivity index (χ0n) is 35.6. The van der Waals surface area contributed by atoms with Gasteiger partial charge in [-0.15, -0.1) is 0 Å². The predicted molar refractivity (Wildman–Crippen MR) is 247 cm³/mol. The van der Waals surface area contributed by atoms with E-state index in [9.17, 15) is 0 Å². The molecule has 0 bridgehead atoms. The first-order chi connectivity index (χ1) is 29.9. The van der Waals surface area contributed by atoms with Crippen molar-refractivity contribution in [2.45, 2.75) is 69.6 Å². The molecule has 2 fully saturated rings. The summed E-state index contributed by atoms with van der Waals surface area (Å²) in [7, 11) is -8.72.